The minimum Gasteiger partial charge on any atom is -0.447 e. The summed E-state index contributed by atoms with van der Waals surface area (Å²) in [7, 11) is 3.16. The fourth-order valence-corrected chi connectivity index (χ4v) is 6.87. The number of hydrogen-bond donors (Lipinski definition) is 0. The second-order valence-corrected chi connectivity index (χ2v) is 10.7. The van der Waals surface area contributed by atoms with Crippen LogP contribution in [0.25, 0.3) is 0 Å². The summed E-state index contributed by atoms with van der Waals surface area (Å²) in [5, 5.41) is 0. The fourth-order valence-electron chi connectivity index (χ4n) is 6.87. The van der Waals surface area contributed by atoms with Crippen molar-refractivity contribution in [2.45, 2.75) is 62.1 Å². The molecule has 0 aromatic heterocycles. The third kappa shape index (κ3) is 5.15. The molecule has 9 nitrogen and oxygen atoms in total. The van der Waals surface area contributed by atoms with Gasteiger partial charge in [-0.2, -0.15) is 0 Å². The molecule has 4 aliphatic rings. The molecule has 3 fully saturated rings. The topological polar surface area (TPSA) is 80.8 Å². The molecule has 0 radical (unpaired) electrons. The van der Waals surface area contributed by atoms with Crippen LogP contribution in [0.2, 0.25) is 0 Å². The van der Waals surface area contributed by atoms with Crippen molar-refractivity contribution in [3.63, 3.8) is 0 Å². The van der Waals surface area contributed by atoms with Crippen LogP contribution in [0.4, 0.5) is 19.7 Å². The summed E-state index contributed by atoms with van der Waals surface area (Å²) in [6, 6.07) is 5.55. The summed E-state index contributed by atoms with van der Waals surface area (Å²) in [5.41, 5.74) is 1.37. The molecule has 204 valence electrons. The van der Waals surface area contributed by atoms with Gasteiger partial charge in [0.15, 0.2) is 0 Å². The molecule has 2 unspecified atom stereocenters. The SMILES string of the molecule is COCCOC(=O)N1CC2(CCN(C3CC4CCC(C3)N4C(=O)OCCOC)CC2)c2cc(F)ccc21. The van der Waals surface area contributed by atoms with E-state index >= 15 is 0 Å². The zero-order valence-electron chi connectivity index (χ0n) is 21.8. The first-order valence-corrected chi connectivity index (χ1v) is 13.4. The summed E-state index contributed by atoms with van der Waals surface area (Å²) < 4.78 is 35.1. The largest absolute Gasteiger partial charge is 0.447 e. The highest BCUT2D eigenvalue weighted by Gasteiger charge is 2.50. The average Bonchev–Trinajstić information content (AvgIpc) is 3.35. The summed E-state index contributed by atoms with van der Waals surface area (Å²) in [4.78, 5) is 31.7. The molecule has 2 bridgehead atoms. The third-order valence-electron chi connectivity index (χ3n) is 8.72. The normalized spacial score (nSPS) is 26.4. The summed E-state index contributed by atoms with van der Waals surface area (Å²) >= 11 is 0. The van der Waals surface area contributed by atoms with Crippen LogP contribution >= 0.6 is 0 Å². The van der Waals surface area contributed by atoms with E-state index in [4.69, 9.17) is 18.9 Å². The van der Waals surface area contributed by atoms with E-state index in [0.29, 0.717) is 25.8 Å². The molecule has 0 aliphatic carbocycles. The van der Waals surface area contributed by atoms with Gasteiger partial charge >= 0.3 is 12.2 Å². The van der Waals surface area contributed by atoms with E-state index in [1.807, 2.05) is 4.90 Å². The Hall–Kier alpha value is -2.43. The average molecular weight is 520 g/mol. The Kier molecular flexibility index (Phi) is 7.88. The van der Waals surface area contributed by atoms with E-state index in [1.165, 1.54) is 6.07 Å². The molecule has 1 spiro atoms. The number of benzene rings is 1. The van der Waals surface area contributed by atoms with Crippen molar-refractivity contribution in [3.05, 3.63) is 29.6 Å². The van der Waals surface area contributed by atoms with Crippen molar-refractivity contribution in [2.24, 2.45) is 0 Å². The van der Waals surface area contributed by atoms with Crippen LogP contribution in [0.15, 0.2) is 18.2 Å². The van der Waals surface area contributed by atoms with E-state index in [9.17, 15) is 14.0 Å². The predicted molar refractivity (Wildman–Crippen MR) is 134 cm³/mol. The number of carbonyl (C=O) groups is 2. The Morgan fingerprint density at radius 2 is 1.54 bits per heavy atom. The zero-order chi connectivity index (χ0) is 26.0. The molecule has 4 aliphatic heterocycles. The molecule has 10 heteroatoms. The highest BCUT2D eigenvalue weighted by Crippen LogP contribution is 2.48. The van der Waals surface area contributed by atoms with Crippen LogP contribution in [0.1, 0.15) is 44.1 Å². The van der Waals surface area contributed by atoms with Crippen LogP contribution in [0, 0.1) is 5.82 Å². The van der Waals surface area contributed by atoms with Crippen molar-refractivity contribution in [3.8, 4) is 0 Å². The highest BCUT2D eigenvalue weighted by atomic mass is 19.1. The quantitative estimate of drug-likeness (QED) is 0.510. The maximum atomic E-state index is 14.3. The molecule has 3 saturated heterocycles. The van der Waals surface area contributed by atoms with Gasteiger partial charge in [-0.25, -0.2) is 14.0 Å². The number of nitrogens with zero attached hydrogens (tertiary/aromatic N) is 3. The number of methoxy groups -OCH3 is 2. The number of halogens is 1. The number of carbonyl (C=O) groups excluding carboxylic acids is 2. The van der Waals surface area contributed by atoms with Crippen molar-refractivity contribution < 1.29 is 32.9 Å². The van der Waals surface area contributed by atoms with Gasteiger partial charge in [-0.3, -0.25) is 4.90 Å². The van der Waals surface area contributed by atoms with Crippen LogP contribution in [0.5, 0.6) is 0 Å². The lowest BCUT2D eigenvalue weighted by Gasteiger charge is -2.47. The Balaban J connectivity index is 1.22. The summed E-state index contributed by atoms with van der Waals surface area (Å²) in [6.07, 6.45) is 5.00. The van der Waals surface area contributed by atoms with E-state index < -0.39 is 6.09 Å². The second-order valence-electron chi connectivity index (χ2n) is 10.7. The predicted octanol–water partition coefficient (Wildman–Crippen LogP) is 3.54. The Labute approximate surface area is 217 Å². The van der Waals surface area contributed by atoms with E-state index in [1.54, 1.807) is 31.3 Å². The first-order chi connectivity index (χ1) is 18.0. The van der Waals surface area contributed by atoms with Crippen LogP contribution < -0.4 is 4.90 Å². The lowest BCUT2D eigenvalue weighted by atomic mass is 9.73. The summed E-state index contributed by atoms with van der Waals surface area (Å²) in [6.45, 7) is 3.47. The van der Waals surface area contributed by atoms with Crippen LogP contribution in [0.3, 0.4) is 0 Å². The van der Waals surface area contributed by atoms with E-state index in [2.05, 4.69) is 4.90 Å². The van der Waals surface area contributed by atoms with Gasteiger partial charge in [0.2, 0.25) is 0 Å². The molecule has 37 heavy (non-hydrogen) atoms. The standard InChI is InChI=1S/C27H38FN3O6/c1-34-11-13-36-25(32)30-18-27(23-15-19(28)3-6-24(23)30)7-9-29(10-8-27)22-16-20-4-5-21(17-22)31(20)26(33)37-14-12-35-2/h3,6,15,20-22H,4-5,7-14,16-18H2,1-2H3. The molecule has 2 amide bonds. The lowest BCUT2D eigenvalue weighted by Crippen LogP contribution is -2.55. The number of rotatable bonds is 7. The van der Waals surface area contributed by atoms with Crippen LogP contribution in [-0.2, 0) is 24.4 Å². The number of fused-ring (bicyclic) bond motifs is 4. The molecular formula is C27H38FN3O6. The van der Waals surface area contributed by atoms with Crippen molar-refractivity contribution in [1.82, 2.24) is 9.80 Å². The molecule has 0 saturated carbocycles. The van der Waals surface area contributed by atoms with Crippen molar-refractivity contribution in [1.29, 1.82) is 0 Å². The molecule has 1 aromatic rings. The number of ether oxygens (including phenoxy) is 4. The Bertz CT molecular complexity index is 971. The smallest absolute Gasteiger partial charge is 0.414 e. The maximum absolute atomic E-state index is 14.3. The minimum absolute atomic E-state index is 0.185. The van der Waals surface area contributed by atoms with Gasteiger partial charge in [0.05, 0.1) is 18.9 Å². The maximum Gasteiger partial charge on any atom is 0.414 e. The van der Waals surface area contributed by atoms with Gasteiger partial charge in [-0.15, -0.1) is 0 Å². The molecule has 1 aromatic carbocycles. The number of anilines is 1. The first-order valence-electron chi connectivity index (χ1n) is 13.4. The van der Waals surface area contributed by atoms with Crippen molar-refractivity contribution in [2.75, 3.05) is 65.2 Å². The van der Waals surface area contributed by atoms with Gasteiger partial charge in [0, 0.05) is 44.3 Å². The van der Waals surface area contributed by atoms with E-state index in [-0.39, 0.29) is 42.6 Å². The Morgan fingerprint density at radius 1 is 0.919 bits per heavy atom. The summed E-state index contributed by atoms with van der Waals surface area (Å²) in [5.74, 6) is -0.281. The van der Waals surface area contributed by atoms with Crippen molar-refractivity contribution >= 4 is 17.9 Å². The molecular weight excluding hydrogens is 481 g/mol. The fraction of sp³-hybridized carbons (Fsp3) is 0.704. The van der Waals surface area contributed by atoms with Gasteiger partial charge in [-0.1, -0.05) is 0 Å². The number of piperidine rings is 2. The Morgan fingerprint density at radius 3 is 2.16 bits per heavy atom. The lowest BCUT2D eigenvalue weighted by molar-refractivity contribution is 0.0194. The number of amides is 2. The molecule has 0 N–H and O–H groups in total. The highest BCUT2D eigenvalue weighted by molar-refractivity contribution is 5.91. The monoisotopic (exact) mass is 519 g/mol. The molecule has 5 rings (SSSR count). The van der Waals surface area contributed by atoms with Crippen LogP contribution in [-0.4, -0.2) is 100 Å². The van der Waals surface area contributed by atoms with Gasteiger partial charge in [0.1, 0.15) is 19.0 Å². The second kappa shape index (κ2) is 11.1. The first kappa shape index (κ1) is 26.2. The van der Waals surface area contributed by atoms with Gasteiger partial charge in [-0.05, 0) is 75.4 Å². The van der Waals surface area contributed by atoms with E-state index in [0.717, 1.165) is 62.9 Å². The van der Waals surface area contributed by atoms with Gasteiger partial charge < -0.3 is 28.7 Å². The molecule has 2 atom stereocenters. The number of likely N-dealkylation sites (tertiary alicyclic amines) is 1. The zero-order valence-corrected chi connectivity index (χ0v) is 21.8. The van der Waals surface area contributed by atoms with Gasteiger partial charge in [0.25, 0.3) is 0 Å². The molecule has 4 heterocycles. The minimum atomic E-state index is -0.412. The third-order valence-corrected chi connectivity index (χ3v) is 8.72. The number of hydrogen-bond acceptors (Lipinski definition) is 7.